The van der Waals surface area contributed by atoms with Gasteiger partial charge in [0.15, 0.2) is 5.16 Å². The molecular formula is C25H22F3N7OS. The summed E-state index contributed by atoms with van der Waals surface area (Å²) >= 11 is 1.34. The third-order valence-corrected chi connectivity index (χ3v) is 6.51. The molecule has 1 amide bonds. The van der Waals surface area contributed by atoms with Gasteiger partial charge in [-0.3, -0.25) is 9.89 Å². The maximum atomic E-state index is 13.3. The summed E-state index contributed by atoms with van der Waals surface area (Å²) in [6, 6.07) is 15.2. The molecule has 0 atom stereocenters. The van der Waals surface area contributed by atoms with Crippen molar-refractivity contribution in [1.29, 1.82) is 0 Å². The third-order valence-electron chi connectivity index (χ3n) is 5.64. The first-order valence-electron chi connectivity index (χ1n) is 11.4. The topological polar surface area (TPSA) is 98.8 Å². The summed E-state index contributed by atoms with van der Waals surface area (Å²) in [7, 11) is 0. The van der Waals surface area contributed by atoms with E-state index >= 15 is 0 Å². The number of hydrogen-bond donors (Lipinski definition) is 3. The Morgan fingerprint density at radius 3 is 2.46 bits per heavy atom. The van der Waals surface area contributed by atoms with Gasteiger partial charge in [-0.25, -0.2) is 9.97 Å². The molecule has 2 aromatic heterocycles. The monoisotopic (exact) mass is 525 g/mol. The van der Waals surface area contributed by atoms with Crippen molar-refractivity contribution in [1.82, 2.24) is 20.2 Å². The zero-order valence-electron chi connectivity index (χ0n) is 19.6. The lowest BCUT2D eigenvalue weighted by atomic mass is 10.1. The van der Waals surface area contributed by atoms with Crippen LogP contribution in [-0.2, 0) is 6.18 Å². The number of carbonyl (C=O) groups is 1. The highest BCUT2D eigenvalue weighted by molar-refractivity contribution is 7.99. The first kappa shape index (κ1) is 24.6. The summed E-state index contributed by atoms with van der Waals surface area (Å²) in [4.78, 5) is 24.8. The maximum Gasteiger partial charge on any atom is 0.417 e. The van der Waals surface area contributed by atoms with Crippen molar-refractivity contribution < 1.29 is 18.0 Å². The summed E-state index contributed by atoms with van der Waals surface area (Å²) in [5, 5.41) is 13.3. The van der Waals surface area contributed by atoms with Gasteiger partial charge in [0, 0.05) is 35.8 Å². The summed E-state index contributed by atoms with van der Waals surface area (Å²) in [5.41, 5.74) is -0.187. The lowest BCUT2D eigenvalue weighted by Gasteiger charge is -2.32. The molecule has 0 aliphatic carbocycles. The number of carbonyl (C=O) groups excluding carboxylic acids is 1. The largest absolute Gasteiger partial charge is 0.417 e. The van der Waals surface area contributed by atoms with E-state index < -0.39 is 23.2 Å². The zero-order valence-corrected chi connectivity index (χ0v) is 20.5. The molecule has 190 valence electrons. The lowest BCUT2D eigenvalue weighted by molar-refractivity contribution is -0.137. The number of halogens is 3. The molecule has 12 heteroatoms. The molecule has 1 saturated heterocycles. The van der Waals surface area contributed by atoms with Gasteiger partial charge in [0.25, 0.3) is 5.91 Å². The van der Waals surface area contributed by atoms with Crippen molar-refractivity contribution in [3.05, 3.63) is 77.5 Å². The molecule has 37 heavy (non-hydrogen) atoms. The second-order valence-corrected chi connectivity index (χ2v) is 9.45. The summed E-state index contributed by atoms with van der Waals surface area (Å²) < 4.78 is 39.8. The van der Waals surface area contributed by atoms with E-state index in [4.69, 9.17) is 0 Å². The SMILES string of the molecule is Cc1cc(Nc2cc(N3CCC3)nc(Sc3ccc(NC(=O)c4ccccc4C(F)(F)F)cc3)n2)[nH]n1. The molecule has 0 radical (unpaired) electrons. The molecule has 3 heterocycles. The zero-order chi connectivity index (χ0) is 26.0. The lowest BCUT2D eigenvalue weighted by Crippen LogP contribution is -2.37. The Morgan fingerprint density at radius 1 is 1.05 bits per heavy atom. The van der Waals surface area contributed by atoms with E-state index in [1.807, 2.05) is 19.1 Å². The molecule has 1 fully saturated rings. The summed E-state index contributed by atoms with van der Waals surface area (Å²) in [6.07, 6.45) is -3.52. The van der Waals surface area contributed by atoms with E-state index in [9.17, 15) is 18.0 Å². The number of H-pyrrole nitrogens is 1. The van der Waals surface area contributed by atoms with Crippen LogP contribution in [0.1, 0.15) is 28.0 Å². The normalized spacial score (nSPS) is 13.2. The molecule has 0 saturated carbocycles. The molecule has 2 aromatic carbocycles. The number of rotatable bonds is 7. The van der Waals surface area contributed by atoms with Gasteiger partial charge in [0.05, 0.1) is 16.8 Å². The Hall–Kier alpha value is -4.06. The van der Waals surface area contributed by atoms with E-state index in [1.54, 1.807) is 24.3 Å². The van der Waals surface area contributed by atoms with Crippen LogP contribution in [-0.4, -0.2) is 39.2 Å². The minimum absolute atomic E-state index is 0.374. The highest BCUT2D eigenvalue weighted by Crippen LogP contribution is 2.33. The highest BCUT2D eigenvalue weighted by Gasteiger charge is 2.34. The Morgan fingerprint density at radius 2 is 1.81 bits per heavy atom. The van der Waals surface area contributed by atoms with Crippen molar-refractivity contribution >= 4 is 40.8 Å². The predicted molar refractivity (Wildman–Crippen MR) is 135 cm³/mol. The minimum Gasteiger partial charge on any atom is -0.356 e. The van der Waals surface area contributed by atoms with Crippen molar-refractivity contribution in [2.45, 2.75) is 29.6 Å². The fourth-order valence-corrected chi connectivity index (χ4v) is 4.46. The van der Waals surface area contributed by atoms with Gasteiger partial charge >= 0.3 is 6.18 Å². The van der Waals surface area contributed by atoms with Crippen molar-refractivity contribution in [2.24, 2.45) is 0 Å². The van der Waals surface area contributed by atoms with E-state index in [2.05, 4.69) is 35.7 Å². The number of hydrogen-bond acceptors (Lipinski definition) is 7. The fraction of sp³-hybridized carbons (Fsp3) is 0.200. The molecule has 3 N–H and O–H groups in total. The number of anilines is 4. The molecule has 1 aliphatic heterocycles. The number of nitrogens with zero attached hydrogens (tertiary/aromatic N) is 4. The van der Waals surface area contributed by atoms with Gasteiger partial charge in [0.1, 0.15) is 17.5 Å². The number of aromatic amines is 1. The molecule has 1 aliphatic rings. The number of alkyl halides is 3. The number of aromatic nitrogens is 4. The van der Waals surface area contributed by atoms with Gasteiger partial charge < -0.3 is 15.5 Å². The molecular weight excluding hydrogens is 503 g/mol. The molecule has 0 bridgehead atoms. The summed E-state index contributed by atoms with van der Waals surface area (Å²) in [6.45, 7) is 3.74. The van der Waals surface area contributed by atoms with Gasteiger partial charge in [-0.05, 0) is 61.5 Å². The molecule has 4 aromatic rings. The average Bonchev–Trinajstić information content (AvgIpc) is 3.23. The maximum absolute atomic E-state index is 13.3. The second-order valence-electron chi connectivity index (χ2n) is 8.41. The van der Waals surface area contributed by atoms with Gasteiger partial charge in [-0.1, -0.05) is 12.1 Å². The van der Waals surface area contributed by atoms with Crippen LogP contribution in [0.25, 0.3) is 0 Å². The fourth-order valence-electron chi connectivity index (χ4n) is 3.69. The van der Waals surface area contributed by atoms with E-state index in [0.717, 1.165) is 48.1 Å². The molecule has 8 nitrogen and oxygen atoms in total. The first-order chi connectivity index (χ1) is 17.7. The van der Waals surface area contributed by atoms with Crippen molar-refractivity contribution in [3.63, 3.8) is 0 Å². The van der Waals surface area contributed by atoms with Crippen LogP contribution >= 0.6 is 11.8 Å². The standard InChI is InChI=1S/C25H22F3N7OS/c1-15-13-21(34-33-15)30-20-14-22(35-11-4-12-35)32-24(31-20)37-17-9-7-16(8-10-17)29-23(36)18-5-2-3-6-19(18)25(26,27)28/h2-3,5-10,13-14H,4,11-12H2,1H3,(H,29,36)(H2,30,31,32,33,34). The molecule has 0 spiro atoms. The van der Waals surface area contributed by atoms with E-state index in [0.29, 0.717) is 22.5 Å². The van der Waals surface area contributed by atoms with Crippen LogP contribution in [0.15, 0.2) is 70.7 Å². The molecule has 0 unspecified atom stereocenters. The third kappa shape index (κ3) is 5.85. The Balaban J connectivity index is 1.31. The van der Waals surface area contributed by atoms with Crippen molar-refractivity contribution in [2.75, 3.05) is 28.6 Å². The van der Waals surface area contributed by atoms with Crippen LogP contribution < -0.4 is 15.5 Å². The Labute approximate surface area is 214 Å². The van der Waals surface area contributed by atoms with Crippen molar-refractivity contribution in [3.8, 4) is 0 Å². The van der Waals surface area contributed by atoms with Crippen LogP contribution in [0.3, 0.4) is 0 Å². The highest BCUT2D eigenvalue weighted by atomic mass is 32.2. The number of aryl methyl sites for hydroxylation is 1. The number of benzene rings is 2. The van der Waals surface area contributed by atoms with Crippen LogP contribution in [0.4, 0.5) is 36.3 Å². The molecule has 5 rings (SSSR count). The Bertz CT molecular complexity index is 1420. The van der Waals surface area contributed by atoms with E-state index in [1.165, 1.54) is 23.9 Å². The Kier molecular flexibility index (Phi) is 6.74. The van der Waals surface area contributed by atoms with Crippen LogP contribution in [0.5, 0.6) is 0 Å². The first-order valence-corrected chi connectivity index (χ1v) is 12.2. The quantitative estimate of drug-likeness (QED) is 0.259. The van der Waals surface area contributed by atoms with Crippen LogP contribution in [0.2, 0.25) is 0 Å². The van der Waals surface area contributed by atoms with E-state index in [-0.39, 0.29) is 0 Å². The predicted octanol–water partition coefficient (Wildman–Crippen LogP) is 5.88. The minimum atomic E-state index is -4.62. The van der Waals surface area contributed by atoms with Crippen LogP contribution in [0, 0.1) is 6.92 Å². The summed E-state index contributed by atoms with van der Waals surface area (Å²) in [5.74, 6) is 1.32. The average molecular weight is 526 g/mol. The van der Waals surface area contributed by atoms with Gasteiger partial charge in [-0.15, -0.1) is 0 Å². The second kappa shape index (κ2) is 10.1. The van der Waals surface area contributed by atoms with Gasteiger partial charge in [0.2, 0.25) is 0 Å². The number of amides is 1. The number of nitrogens with one attached hydrogen (secondary N) is 3. The smallest absolute Gasteiger partial charge is 0.356 e. The van der Waals surface area contributed by atoms with Gasteiger partial charge in [-0.2, -0.15) is 18.3 Å².